The molecule has 0 unspecified atom stereocenters. The van der Waals surface area contributed by atoms with Crippen molar-refractivity contribution in [2.45, 2.75) is 116 Å². The summed E-state index contributed by atoms with van der Waals surface area (Å²) in [7, 11) is 1.44. The Bertz CT molecular complexity index is 572. The number of unbranched alkanes of at least 4 members (excludes halogenated alkanes) is 5. The van der Waals surface area contributed by atoms with Crippen LogP contribution in [0, 0.1) is 11.8 Å². The molecule has 0 aliphatic heterocycles. The fourth-order valence-electron chi connectivity index (χ4n) is 4.36. The molecule has 0 bridgehead atoms. The van der Waals surface area contributed by atoms with Gasteiger partial charge >= 0.3 is 5.97 Å². The van der Waals surface area contributed by atoms with Gasteiger partial charge in [0.1, 0.15) is 0 Å². The summed E-state index contributed by atoms with van der Waals surface area (Å²) in [6.07, 6.45) is 16.4. The van der Waals surface area contributed by atoms with Crippen LogP contribution in [0.15, 0.2) is 22.6 Å². The third-order valence-corrected chi connectivity index (χ3v) is 7.71. The van der Waals surface area contributed by atoms with E-state index in [9.17, 15) is 15.0 Å². The lowest BCUT2D eigenvalue weighted by Gasteiger charge is -2.17. The summed E-state index contributed by atoms with van der Waals surface area (Å²) >= 11 is 1.87. The van der Waals surface area contributed by atoms with Crippen LogP contribution in [0.2, 0.25) is 0 Å². The second kappa shape index (κ2) is 17.7. The first-order chi connectivity index (χ1) is 15.4. The van der Waals surface area contributed by atoms with E-state index in [2.05, 4.69) is 26.8 Å². The molecule has 32 heavy (non-hydrogen) atoms. The van der Waals surface area contributed by atoms with E-state index in [1.165, 1.54) is 49.7 Å². The molecule has 0 heterocycles. The molecule has 0 aromatic rings. The largest absolute Gasteiger partial charge is 0.469 e. The van der Waals surface area contributed by atoms with Crippen LogP contribution in [0.4, 0.5) is 0 Å². The molecule has 5 heteroatoms. The van der Waals surface area contributed by atoms with E-state index in [0.29, 0.717) is 12.3 Å². The standard InChI is InChI=1S/C27H48O4S/c1-5-7-10-14-22-20-25(29)24(17-16-23(28)19-21(3)13-8-6-2)27(22)32-18-12-9-11-15-26(30)31-4/h16-17,21,23-25,28-29H,5-15,18-20H2,1-4H3/b17-16+/t21-,23-,24+,25-/m1/s1. The molecule has 186 valence electrons. The number of ether oxygens (including phenoxy) is 1. The lowest BCUT2D eigenvalue weighted by molar-refractivity contribution is -0.140. The molecule has 4 atom stereocenters. The van der Waals surface area contributed by atoms with Gasteiger partial charge in [0, 0.05) is 12.3 Å². The molecule has 0 aromatic heterocycles. The number of methoxy groups -OCH3 is 1. The summed E-state index contributed by atoms with van der Waals surface area (Å²) in [5.41, 5.74) is 1.41. The molecule has 0 amide bonds. The summed E-state index contributed by atoms with van der Waals surface area (Å²) in [4.78, 5) is 12.6. The first-order valence-corrected chi connectivity index (χ1v) is 13.9. The average Bonchev–Trinajstić information content (AvgIpc) is 3.07. The maximum atomic E-state index is 11.3. The van der Waals surface area contributed by atoms with E-state index in [1.807, 2.05) is 17.8 Å². The van der Waals surface area contributed by atoms with Gasteiger partial charge in [-0.15, -0.1) is 11.8 Å². The first-order valence-electron chi connectivity index (χ1n) is 12.9. The van der Waals surface area contributed by atoms with Crippen LogP contribution in [-0.2, 0) is 9.53 Å². The predicted octanol–water partition coefficient (Wildman–Crippen LogP) is 6.80. The smallest absolute Gasteiger partial charge is 0.305 e. The predicted molar refractivity (Wildman–Crippen MR) is 137 cm³/mol. The summed E-state index contributed by atoms with van der Waals surface area (Å²) in [5.74, 6) is 1.39. The topological polar surface area (TPSA) is 66.8 Å². The van der Waals surface area contributed by atoms with Gasteiger partial charge in [0.25, 0.3) is 0 Å². The average molecular weight is 469 g/mol. The number of aliphatic hydroxyl groups is 2. The number of carbonyl (C=O) groups excluding carboxylic acids is 1. The van der Waals surface area contributed by atoms with Crippen molar-refractivity contribution in [1.29, 1.82) is 0 Å². The summed E-state index contributed by atoms with van der Waals surface area (Å²) < 4.78 is 4.71. The highest BCUT2D eigenvalue weighted by Crippen LogP contribution is 2.43. The lowest BCUT2D eigenvalue weighted by atomic mass is 9.96. The van der Waals surface area contributed by atoms with Crippen molar-refractivity contribution in [3.63, 3.8) is 0 Å². The van der Waals surface area contributed by atoms with Gasteiger partial charge in [-0.3, -0.25) is 4.79 Å². The van der Waals surface area contributed by atoms with Crippen molar-refractivity contribution in [2.24, 2.45) is 11.8 Å². The minimum atomic E-state index is -0.442. The molecule has 1 rings (SSSR count). The monoisotopic (exact) mass is 468 g/mol. The third-order valence-electron chi connectivity index (χ3n) is 6.35. The summed E-state index contributed by atoms with van der Waals surface area (Å²) in [6, 6.07) is 0. The van der Waals surface area contributed by atoms with E-state index in [4.69, 9.17) is 4.74 Å². The molecule has 0 aromatic carbocycles. The molecule has 0 saturated carbocycles. The Balaban J connectivity index is 2.66. The molecule has 4 nitrogen and oxygen atoms in total. The highest BCUT2D eigenvalue weighted by molar-refractivity contribution is 8.03. The number of rotatable bonds is 18. The minimum absolute atomic E-state index is 0.00675. The van der Waals surface area contributed by atoms with Crippen LogP contribution in [0.25, 0.3) is 0 Å². The van der Waals surface area contributed by atoms with Crippen molar-refractivity contribution in [1.82, 2.24) is 0 Å². The molecule has 2 N–H and O–H groups in total. The van der Waals surface area contributed by atoms with Gasteiger partial charge in [0.05, 0.1) is 19.3 Å². The molecule has 1 aliphatic carbocycles. The van der Waals surface area contributed by atoms with Crippen LogP contribution in [-0.4, -0.2) is 41.3 Å². The van der Waals surface area contributed by atoms with E-state index >= 15 is 0 Å². The van der Waals surface area contributed by atoms with E-state index in [1.54, 1.807) is 0 Å². The van der Waals surface area contributed by atoms with E-state index < -0.39 is 6.10 Å². The van der Waals surface area contributed by atoms with Gasteiger partial charge in [-0.05, 0) is 55.1 Å². The molecule has 1 aliphatic rings. The van der Waals surface area contributed by atoms with E-state index in [0.717, 1.165) is 50.7 Å². The van der Waals surface area contributed by atoms with Crippen LogP contribution in [0.1, 0.15) is 104 Å². The SMILES string of the molecule is CCCCCC1=C(SCCCCCC(=O)OC)[C@@H](/C=C/[C@@H](O)C[C@H](C)CCCC)[C@H](O)C1. The molecule has 0 spiro atoms. The molecule has 0 radical (unpaired) electrons. The molecular formula is C27H48O4S. The number of hydrogen-bond acceptors (Lipinski definition) is 5. The maximum Gasteiger partial charge on any atom is 0.305 e. The van der Waals surface area contributed by atoms with Gasteiger partial charge in [0.15, 0.2) is 0 Å². The quantitative estimate of drug-likeness (QED) is 0.131. The maximum absolute atomic E-state index is 11.3. The van der Waals surface area contributed by atoms with Gasteiger partial charge < -0.3 is 14.9 Å². The number of thioether (sulfide) groups is 1. The Hall–Kier alpha value is -0.780. The Labute approximate surface area is 201 Å². The number of aliphatic hydroxyl groups excluding tert-OH is 2. The van der Waals surface area contributed by atoms with Gasteiger partial charge in [-0.2, -0.15) is 0 Å². The number of carbonyl (C=O) groups is 1. The lowest BCUT2D eigenvalue weighted by Crippen LogP contribution is -2.15. The number of hydrogen-bond donors (Lipinski definition) is 2. The van der Waals surface area contributed by atoms with Crippen LogP contribution in [0.5, 0.6) is 0 Å². The zero-order valence-corrected chi connectivity index (χ0v) is 21.8. The zero-order valence-electron chi connectivity index (χ0n) is 21.0. The van der Waals surface area contributed by atoms with Crippen molar-refractivity contribution in [2.75, 3.05) is 12.9 Å². The first kappa shape index (κ1) is 29.3. The Morgan fingerprint density at radius 3 is 2.59 bits per heavy atom. The Morgan fingerprint density at radius 2 is 1.91 bits per heavy atom. The van der Waals surface area contributed by atoms with Crippen LogP contribution < -0.4 is 0 Å². The highest BCUT2D eigenvalue weighted by atomic mass is 32.2. The van der Waals surface area contributed by atoms with Gasteiger partial charge in [0.2, 0.25) is 0 Å². The molecular weight excluding hydrogens is 420 g/mol. The highest BCUT2D eigenvalue weighted by Gasteiger charge is 2.31. The van der Waals surface area contributed by atoms with Gasteiger partial charge in [-0.1, -0.05) is 77.0 Å². The van der Waals surface area contributed by atoms with Crippen molar-refractivity contribution in [3.8, 4) is 0 Å². The normalized spacial score (nSPS) is 20.8. The Morgan fingerprint density at radius 1 is 1.16 bits per heavy atom. The van der Waals surface area contributed by atoms with Crippen molar-refractivity contribution in [3.05, 3.63) is 22.6 Å². The fraction of sp³-hybridized carbons (Fsp3) is 0.815. The minimum Gasteiger partial charge on any atom is -0.469 e. The van der Waals surface area contributed by atoms with E-state index in [-0.39, 0.29) is 18.0 Å². The van der Waals surface area contributed by atoms with Crippen molar-refractivity contribution < 1.29 is 19.7 Å². The zero-order chi connectivity index (χ0) is 23.8. The molecule has 0 fully saturated rings. The van der Waals surface area contributed by atoms with Gasteiger partial charge in [-0.25, -0.2) is 0 Å². The Kier molecular flexibility index (Phi) is 16.1. The van der Waals surface area contributed by atoms with Crippen LogP contribution in [0.3, 0.4) is 0 Å². The summed E-state index contributed by atoms with van der Waals surface area (Å²) in [6.45, 7) is 6.63. The van der Waals surface area contributed by atoms with Crippen LogP contribution >= 0.6 is 11.8 Å². The second-order valence-electron chi connectivity index (χ2n) is 9.39. The third kappa shape index (κ3) is 11.9. The molecule has 0 saturated heterocycles. The fourth-order valence-corrected chi connectivity index (χ4v) is 5.75. The second-order valence-corrected chi connectivity index (χ2v) is 10.5. The number of esters is 1. The van der Waals surface area contributed by atoms with Crippen molar-refractivity contribution >= 4 is 17.7 Å². The summed E-state index contributed by atoms with van der Waals surface area (Å²) in [5, 5.41) is 21.3.